The van der Waals surface area contributed by atoms with E-state index in [1.54, 1.807) is 0 Å². The monoisotopic (exact) mass is 474 g/mol. The Balaban J connectivity index is 0.00000341. The zero-order valence-corrected chi connectivity index (χ0v) is 19.9. The highest BCUT2D eigenvalue weighted by atomic mass is 35.5. The second-order valence-electron chi connectivity index (χ2n) is 8.11. The van der Waals surface area contributed by atoms with E-state index in [-0.39, 0.29) is 41.8 Å². The summed E-state index contributed by atoms with van der Waals surface area (Å²) in [5.74, 6) is 0.500. The largest absolute Gasteiger partial charge is 0.408 e. The smallest absolute Gasteiger partial charge is 0.286 e. The molecule has 2 fully saturated rings. The summed E-state index contributed by atoms with van der Waals surface area (Å²) in [5, 5.41) is 14.7. The van der Waals surface area contributed by atoms with Crippen molar-refractivity contribution in [3.8, 4) is 0 Å². The standard InChI is InChI=1S/C21H34N4O4S.ClH/c1-2-10-22-11-14-30-21-25-24-20(29-21)18(26)17(15-8-12-28-13-9-15)23-19(27)16-6-4-3-5-7-16;/h15-17,22H,2-14H2,1H3,(H,23,27);1H. The molecule has 1 aliphatic heterocycles. The fraction of sp³-hybridized carbons (Fsp3) is 0.810. The van der Waals surface area contributed by atoms with Gasteiger partial charge in [0.25, 0.3) is 11.1 Å². The van der Waals surface area contributed by atoms with Gasteiger partial charge >= 0.3 is 0 Å². The van der Waals surface area contributed by atoms with Gasteiger partial charge in [-0.05, 0) is 44.6 Å². The number of thioether (sulfide) groups is 1. The van der Waals surface area contributed by atoms with Crippen LogP contribution in [0.1, 0.15) is 69.0 Å². The highest BCUT2D eigenvalue weighted by Gasteiger charge is 2.36. The van der Waals surface area contributed by atoms with Crippen LogP contribution >= 0.6 is 24.2 Å². The van der Waals surface area contributed by atoms with Crippen molar-refractivity contribution in [1.82, 2.24) is 20.8 Å². The third-order valence-corrected chi connectivity index (χ3v) is 6.66. The molecule has 2 heterocycles. The molecule has 31 heavy (non-hydrogen) atoms. The summed E-state index contributed by atoms with van der Waals surface area (Å²) in [5.41, 5.74) is 0. The van der Waals surface area contributed by atoms with Crippen LogP contribution in [0.4, 0.5) is 0 Å². The molecule has 1 aliphatic carbocycles. The van der Waals surface area contributed by atoms with Gasteiger partial charge in [-0.1, -0.05) is 37.9 Å². The summed E-state index contributed by atoms with van der Waals surface area (Å²) in [4.78, 5) is 26.1. The number of amides is 1. The fourth-order valence-corrected chi connectivity index (χ4v) is 4.75. The molecule has 176 valence electrons. The highest BCUT2D eigenvalue weighted by Crippen LogP contribution is 2.26. The van der Waals surface area contributed by atoms with Crippen LogP contribution in [0.5, 0.6) is 0 Å². The number of carbonyl (C=O) groups excluding carboxylic acids is 2. The molecule has 0 aromatic carbocycles. The van der Waals surface area contributed by atoms with Crippen LogP contribution < -0.4 is 10.6 Å². The minimum atomic E-state index is -0.632. The first-order valence-corrected chi connectivity index (χ1v) is 12.3. The van der Waals surface area contributed by atoms with Crippen molar-refractivity contribution in [2.45, 2.75) is 69.6 Å². The minimum Gasteiger partial charge on any atom is -0.408 e. The number of nitrogens with one attached hydrogen (secondary N) is 2. The number of carbonyl (C=O) groups is 2. The van der Waals surface area contributed by atoms with Gasteiger partial charge in [0.1, 0.15) is 6.04 Å². The van der Waals surface area contributed by atoms with Crippen molar-refractivity contribution in [1.29, 1.82) is 0 Å². The van der Waals surface area contributed by atoms with Crippen molar-refractivity contribution >= 4 is 35.9 Å². The van der Waals surface area contributed by atoms with E-state index in [0.29, 0.717) is 18.4 Å². The summed E-state index contributed by atoms with van der Waals surface area (Å²) in [6.07, 6.45) is 7.69. The number of halogens is 1. The molecule has 1 aromatic rings. The molecule has 1 atom stereocenters. The van der Waals surface area contributed by atoms with Crippen LogP contribution in [0.2, 0.25) is 0 Å². The van der Waals surface area contributed by atoms with Crippen LogP contribution in [0.3, 0.4) is 0 Å². The van der Waals surface area contributed by atoms with Gasteiger partial charge in [0.2, 0.25) is 11.7 Å². The third kappa shape index (κ3) is 8.04. The van der Waals surface area contributed by atoms with E-state index in [4.69, 9.17) is 9.15 Å². The summed E-state index contributed by atoms with van der Waals surface area (Å²) in [6.45, 7) is 5.14. The number of ketones is 1. The van der Waals surface area contributed by atoms with E-state index in [1.807, 2.05) is 0 Å². The number of ether oxygens (including phenoxy) is 1. The van der Waals surface area contributed by atoms with Gasteiger partial charge in [-0.25, -0.2) is 0 Å². The second kappa shape index (κ2) is 14.1. The molecule has 8 nitrogen and oxygen atoms in total. The molecule has 10 heteroatoms. The lowest BCUT2D eigenvalue weighted by molar-refractivity contribution is -0.127. The van der Waals surface area contributed by atoms with Gasteiger partial charge in [-0.3, -0.25) is 9.59 Å². The van der Waals surface area contributed by atoms with Gasteiger partial charge in [0.15, 0.2) is 0 Å². The van der Waals surface area contributed by atoms with E-state index >= 15 is 0 Å². The van der Waals surface area contributed by atoms with Crippen molar-refractivity contribution in [3.05, 3.63) is 5.89 Å². The number of rotatable bonds is 11. The van der Waals surface area contributed by atoms with Crippen LogP contribution in [0.15, 0.2) is 9.64 Å². The first-order chi connectivity index (χ1) is 14.7. The fourth-order valence-electron chi connectivity index (χ4n) is 4.10. The Hall–Kier alpha value is -1.16. The molecule has 0 bridgehead atoms. The van der Waals surface area contributed by atoms with Gasteiger partial charge in [-0.15, -0.1) is 22.6 Å². The number of hydrogen-bond donors (Lipinski definition) is 2. The molecule has 1 saturated carbocycles. The van der Waals surface area contributed by atoms with E-state index in [2.05, 4.69) is 27.8 Å². The quantitative estimate of drug-likeness (QED) is 0.286. The number of nitrogens with zero attached hydrogens (tertiary/aromatic N) is 2. The molecular formula is C21H35ClN4O4S. The molecule has 1 unspecified atom stereocenters. The molecule has 2 aliphatic rings. The Labute approximate surface area is 194 Å². The van der Waals surface area contributed by atoms with Crippen molar-refractivity contribution in [3.63, 3.8) is 0 Å². The molecule has 0 radical (unpaired) electrons. The molecular weight excluding hydrogens is 440 g/mol. The molecule has 1 amide bonds. The number of Topliss-reactive ketones (excluding diaryl/α,β-unsaturated/α-hetero) is 1. The Bertz CT molecular complexity index is 678. The zero-order chi connectivity index (χ0) is 21.2. The highest BCUT2D eigenvalue weighted by molar-refractivity contribution is 7.99. The Kier molecular flexibility index (Phi) is 11.9. The lowest BCUT2D eigenvalue weighted by Gasteiger charge is -2.31. The second-order valence-corrected chi connectivity index (χ2v) is 9.15. The van der Waals surface area contributed by atoms with Crippen LogP contribution in [0.25, 0.3) is 0 Å². The summed E-state index contributed by atoms with van der Waals surface area (Å²) >= 11 is 1.43. The van der Waals surface area contributed by atoms with Crippen LogP contribution in [0, 0.1) is 11.8 Å². The maximum atomic E-state index is 13.2. The molecule has 1 aromatic heterocycles. The SMILES string of the molecule is CCCNCCSc1nnc(C(=O)C(NC(=O)C2CCCCC2)C2CCOCC2)o1.Cl. The molecule has 0 spiro atoms. The average Bonchev–Trinajstić information content (AvgIpc) is 3.27. The topological polar surface area (TPSA) is 106 Å². The average molecular weight is 475 g/mol. The van der Waals surface area contributed by atoms with Crippen LogP contribution in [-0.2, 0) is 9.53 Å². The lowest BCUT2D eigenvalue weighted by atomic mass is 9.86. The van der Waals surface area contributed by atoms with E-state index in [9.17, 15) is 9.59 Å². The predicted octanol–water partition coefficient (Wildman–Crippen LogP) is 3.26. The van der Waals surface area contributed by atoms with Crippen molar-refractivity contribution in [2.24, 2.45) is 11.8 Å². The van der Waals surface area contributed by atoms with E-state index in [1.165, 1.54) is 18.2 Å². The van der Waals surface area contributed by atoms with Gasteiger partial charge < -0.3 is 19.8 Å². The van der Waals surface area contributed by atoms with Crippen LogP contribution in [-0.4, -0.2) is 60.0 Å². The maximum absolute atomic E-state index is 13.2. The van der Waals surface area contributed by atoms with E-state index in [0.717, 1.165) is 63.8 Å². The minimum absolute atomic E-state index is 0. The van der Waals surface area contributed by atoms with Crippen molar-refractivity contribution < 1.29 is 18.7 Å². The molecule has 3 rings (SSSR count). The number of hydrogen-bond acceptors (Lipinski definition) is 8. The van der Waals surface area contributed by atoms with E-state index < -0.39 is 6.04 Å². The Morgan fingerprint density at radius 3 is 2.55 bits per heavy atom. The van der Waals surface area contributed by atoms with Gasteiger partial charge in [0.05, 0.1) is 0 Å². The zero-order valence-electron chi connectivity index (χ0n) is 18.3. The van der Waals surface area contributed by atoms with Gasteiger partial charge in [-0.2, -0.15) is 0 Å². The third-order valence-electron chi connectivity index (χ3n) is 5.84. The van der Waals surface area contributed by atoms with Gasteiger partial charge in [0, 0.05) is 31.4 Å². The Morgan fingerprint density at radius 1 is 1.10 bits per heavy atom. The molecule has 1 saturated heterocycles. The summed E-state index contributed by atoms with van der Waals surface area (Å²) in [6, 6.07) is -0.632. The maximum Gasteiger partial charge on any atom is 0.286 e. The first-order valence-electron chi connectivity index (χ1n) is 11.3. The first kappa shape index (κ1) is 26.1. The van der Waals surface area contributed by atoms with Crippen molar-refractivity contribution in [2.75, 3.05) is 32.1 Å². The summed E-state index contributed by atoms with van der Waals surface area (Å²) in [7, 11) is 0. The summed E-state index contributed by atoms with van der Waals surface area (Å²) < 4.78 is 11.1. The lowest BCUT2D eigenvalue weighted by Crippen LogP contribution is -2.49. The Morgan fingerprint density at radius 2 is 1.84 bits per heavy atom. The predicted molar refractivity (Wildman–Crippen MR) is 122 cm³/mol. The number of aromatic nitrogens is 2. The normalized spacial score (nSPS) is 18.9. The molecule has 2 N–H and O–H groups in total.